The Labute approximate surface area is 112 Å². The van der Waals surface area contributed by atoms with Crippen LogP contribution < -0.4 is 5.32 Å². The van der Waals surface area contributed by atoms with E-state index in [2.05, 4.69) is 5.32 Å². The van der Waals surface area contributed by atoms with E-state index in [1.54, 1.807) is 13.0 Å². The molecule has 1 aliphatic carbocycles. The van der Waals surface area contributed by atoms with Gasteiger partial charge >= 0.3 is 0 Å². The molecule has 1 N–H and O–H groups in total. The Bertz CT molecular complexity index is 616. The molecule has 3 rings (SSSR count). The second-order valence-corrected chi connectivity index (χ2v) is 8.07. The minimum Gasteiger partial charge on any atom is -0.345 e. The van der Waals surface area contributed by atoms with Crippen molar-refractivity contribution in [3.63, 3.8) is 0 Å². The monoisotopic (exact) mass is 282 g/mol. The highest BCUT2D eigenvalue weighted by Gasteiger charge is 2.40. The van der Waals surface area contributed by atoms with E-state index in [0.717, 1.165) is 12.8 Å². The van der Waals surface area contributed by atoms with Gasteiger partial charge in [0.1, 0.15) is 5.69 Å². The second-order valence-electron chi connectivity index (χ2n) is 5.89. The summed E-state index contributed by atoms with van der Waals surface area (Å²) in [7, 11) is -3.00. The number of rotatable bonds is 3. The smallest absolute Gasteiger partial charge is 0.268 e. The number of nitrogens with one attached hydrogen (secondary N) is 1. The largest absolute Gasteiger partial charge is 0.345 e. The van der Waals surface area contributed by atoms with Crippen molar-refractivity contribution in [1.82, 2.24) is 9.88 Å². The summed E-state index contributed by atoms with van der Waals surface area (Å²) in [6.45, 7) is 1.81. The molecule has 0 unspecified atom stereocenters. The normalized spacial score (nSPS) is 29.3. The van der Waals surface area contributed by atoms with Gasteiger partial charge in [-0.05, 0) is 38.3 Å². The molecule has 2 aliphatic rings. The molecule has 1 atom stereocenters. The molecule has 1 aromatic heterocycles. The Morgan fingerprint density at radius 1 is 1.47 bits per heavy atom. The van der Waals surface area contributed by atoms with Gasteiger partial charge in [-0.2, -0.15) is 0 Å². The molecule has 0 aromatic carbocycles. The summed E-state index contributed by atoms with van der Waals surface area (Å²) in [5.74, 6) is 0.0278. The number of sulfone groups is 1. The van der Waals surface area contributed by atoms with Gasteiger partial charge in [0.05, 0.1) is 17.0 Å². The van der Waals surface area contributed by atoms with Crippen LogP contribution in [0.3, 0.4) is 0 Å². The van der Waals surface area contributed by atoms with E-state index in [0.29, 0.717) is 18.2 Å². The van der Waals surface area contributed by atoms with Crippen LogP contribution in [0.15, 0.2) is 18.3 Å². The van der Waals surface area contributed by atoms with Gasteiger partial charge in [0.2, 0.25) is 0 Å². The first-order valence-corrected chi connectivity index (χ1v) is 8.41. The summed E-state index contributed by atoms with van der Waals surface area (Å²) in [5.41, 5.74) is 0.00204. The second kappa shape index (κ2) is 4.10. The van der Waals surface area contributed by atoms with Crippen LogP contribution in [0, 0.1) is 0 Å². The van der Waals surface area contributed by atoms with E-state index in [1.165, 1.54) is 0 Å². The summed E-state index contributed by atoms with van der Waals surface area (Å²) in [4.78, 5) is 12.3. The average molecular weight is 282 g/mol. The molecule has 1 amide bonds. The molecule has 6 heteroatoms. The molecule has 0 bridgehead atoms. The lowest BCUT2D eigenvalue weighted by Crippen LogP contribution is -2.47. The first kappa shape index (κ1) is 12.7. The molecule has 19 heavy (non-hydrogen) atoms. The maximum atomic E-state index is 12.3. The van der Waals surface area contributed by atoms with E-state index in [1.807, 2.05) is 16.8 Å². The number of aromatic nitrogens is 1. The van der Waals surface area contributed by atoms with Crippen molar-refractivity contribution >= 4 is 15.7 Å². The maximum Gasteiger partial charge on any atom is 0.268 e. The van der Waals surface area contributed by atoms with Crippen molar-refractivity contribution < 1.29 is 13.2 Å². The van der Waals surface area contributed by atoms with Crippen molar-refractivity contribution in [2.24, 2.45) is 0 Å². The van der Waals surface area contributed by atoms with Crippen molar-refractivity contribution in [1.29, 1.82) is 0 Å². The molecule has 0 radical (unpaired) electrons. The van der Waals surface area contributed by atoms with E-state index in [9.17, 15) is 13.2 Å². The van der Waals surface area contributed by atoms with Gasteiger partial charge in [0, 0.05) is 12.2 Å². The highest BCUT2D eigenvalue weighted by Crippen LogP contribution is 2.36. The summed E-state index contributed by atoms with van der Waals surface area (Å²) < 4.78 is 25.1. The fourth-order valence-corrected chi connectivity index (χ4v) is 4.80. The third-order valence-corrected chi connectivity index (χ3v) is 5.77. The Kier molecular flexibility index (Phi) is 2.74. The molecule has 2 heterocycles. The fraction of sp³-hybridized carbons (Fsp3) is 0.615. The van der Waals surface area contributed by atoms with Gasteiger partial charge in [-0.3, -0.25) is 4.79 Å². The lowest BCUT2D eigenvalue weighted by atomic mass is 10.0. The van der Waals surface area contributed by atoms with Gasteiger partial charge < -0.3 is 9.88 Å². The van der Waals surface area contributed by atoms with Crippen molar-refractivity contribution in [3.8, 4) is 0 Å². The molecule has 2 fully saturated rings. The molecule has 1 saturated carbocycles. The highest BCUT2D eigenvalue weighted by molar-refractivity contribution is 7.91. The van der Waals surface area contributed by atoms with Crippen LogP contribution in [0.2, 0.25) is 0 Å². The van der Waals surface area contributed by atoms with E-state index >= 15 is 0 Å². The number of carbonyl (C=O) groups excluding carboxylic acids is 1. The van der Waals surface area contributed by atoms with Gasteiger partial charge in [-0.1, -0.05) is 0 Å². The van der Waals surface area contributed by atoms with E-state index in [-0.39, 0.29) is 17.4 Å². The quantitative estimate of drug-likeness (QED) is 0.903. The minimum absolute atomic E-state index is 0.0376. The lowest BCUT2D eigenvalue weighted by molar-refractivity contribution is 0.0905. The number of amides is 1. The van der Waals surface area contributed by atoms with Crippen molar-refractivity contribution in [2.75, 3.05) is 11.5 Å². The van der Waals surface area contributed by atoms with E-state index < -0.39 is 15.4 Å². The number of nitrogens with zero attached hydrogens (tertiary/aromatic N) is 1. The Hall–Kier alpha value is -1.30. The molecular weight excluding hydrogens is 264 g/mol. The zero-order valence-corrected chi connectivity index (χ0v) is 11.7. The molecule has 0 spiro atoms. The first-order chi connectivity index (χ1) is 8.89. The van der Waals surface area contributed by atoms with Crippen molar-refractivity contribution in [2.45, 2.75) is 37.8 Å². The summed E-state index contributed by atoms with van der Waals surface area (Å²) >= 11 is 0. The number of hydrogen-bond donors (Lipinski definition) is 1. The van der Waals surface area contributed by atoms with E-state index in [4.69, 9.17) is 0 Å². The van der Waals surface area contributed by atoms with Gasteiger partial charge in [-0.15, -0.1) is 0 Å². The average Bonchev–Trinajstić information content (AvgIpc) is 2.96. The zero-order valence-electron chi connectivity index (χ0n) is 10.9. The molecule has 1 aliphatic heterocycles. The maximum absolute atomic E-state index is 12.3. The standard InChI is InChI=1S/C13H18N2O3S/c1-13(6-8-19(17,18)9-13)14-12(16)11-3-2-7-15(11)10-4-5-10/h2-3,7,10H,4-6,8-9H2,1H3,(H,14,16)/t13-/m1/s1. The summed E-state index contributed by atoms with van der Waals surface area (Å²) in [6, 6.07) is 4.09. The van der Waals surface area contributed by atoms with Gasteiger partial charge in [-0.25, -0.2) is 8.42 Å². The lowest BCUT2D eigenvalue weighted by Gasteiger charge is -2.24. The molecule has 104 valence electrons. The zero-order chi connectivity index (χ0) is 13.7. The van der Waals surface area contributed by atoms with Crippen LogP contribution in [0.4, 0.5) is 0 Å². The Morgan fingerprint density at radius 3 is 2.79 bits per heavy atom. The first-order valence-electron chi connectivity index (χ1n) is 6.58. The molecule has 1 aromatic rings. The predicted molar refractivity (Wildman–Crippen MR) is 71.8 cm³/mol. The Morgan fingerprint density at radius 2 is 2.21 bits per heavy atom. The topological polar surface area (TPSA) is 68.2 Å². The molecule has 1 saturated heterocycles. The van der Waals surface area contributed by atoms with Gasteiger partial charge in [0.15, 0.2) is 9.84 Å². The van der Waals surface area contributed by atoms with Crippen LogP contribution in [-0.4, -0.2) is 35.9 Å². The van der Waals surface area contributed by atoms with Crippen LogP contribution >= 0.6 is 0 Å². The SMILES string of the molecule is C[C@@]1(NC(=O)c2cccn2C2CC2)CCS(=O)(=O)C1. The van der Waals surface area contributed by atoms with Crippen LogP contribution in [0.25, 0.3) is 0 Å². The summed E-state index contributed by atoms with van der Waals surface area (Å²) in [5, 5.41) is 2.90. The molecule has 5 nitrogen and oxygen atoms in total. The predicted octanol–water partition coefficient (Wildman–Crippen LogP) is 1.13. The number of hydrogen-bond acceptors (Lipinski definition) is 3. The van der Waals surface area contributed by atoms with Crippen LogP contribution in [-0.2, 0) is 9.84 Å². The third kappa shape index (κ3) is 2.54. The number of carbonyl (C=O) groups is 1. The highest BCUT2D eigenvalue weighted by atomic mass is 32.2. The van der Waals surface area contributed by atoms with Crippen molar-refractivity contribution in [3.05, 3.63) is 24.0 Å². The summed E-state index contributed by atoms with van der Waals surface area (Å²) in [6.07, 6.45) is 4.63. The van der Waals surface area contributed by atoms with Crippen LogP contribution in [0.5, 0.6) is 0 Å². The van der Waals surface area contributed by atoms with Crippen LogP contribution in [0.1, 0.15) is 42.7 Å². The Balaban J connectivity index is 1.76. The minimum atomic E-state index is -3.00. The van der Waals surface area contributed by atoms with Gasteiger partial charge in [0.25, 0.3) is 5.91 Å². The fourth-order valence-electron chi connectivity index (χ4n) is 2.70. The molecular formula is C13H18N2O3S. The third-order valence-electron chi connectivity index (χ3n) is 3.87.